The van der Waals surface area contributed by atoms with Gasteiger partial charge in [-0.05, 0) is 12.8 Å². The lowest BCUT2D eigenvalue weighted by Gasteiger charge is -2.15. The van der Waals surface area contributed by atoms with Crippen LogP contribution in [0.5, 0.6) is 0 Å². The van der Waals surface area contributed by atoms with Crippen molar-refractivity contribution in [3.8, 4) is 0 Å². The van der Waals surface area contributed by atoms with Crippen LogP contribution in [0.1, 0.15) is 303 Å². The Kier molecular flexibility index (Phi) is 48.3. The maximum atomic E-state index is 12.3. The zero-order valence-corrected chi connectivity index (χ0v) is 38.9. The Balaban J connectivity index is 3.41. The van der Waals surface area contributed by atoms with E-state index < -0.39 is 6.10 Å². The summed E-state index contributed by atoms with van der Waals surface area (Å²) in [5.74, 6) is -0.566. The Bertz CT molecular complexity index is 784. The lowest BCUT2D eigenvalue weighted by atomic mass is 10.0. The number of rotatable bonds is 49. The van der Waals surface area contributed by atoms with Crippen LogP contribution in [-0.4, -0.2) is 36.4 Å². The summed E-state index contributed by atoms with van der Waals surface area (Å²) < 4.78 is 10.7. The van der Waals surface area contributed by atoms with E-state index in [1.165, 1.54) is 244 Å². The molecule has 1 unspecified atom stereocenters. The van der Waals surface area contributed by atoms with E-state index in [0.717, 1.165) is 32.1 Å². The molecule has 0 aromatic heterocycles. The second-order valence-corrected chi connectivity index (χ2v) is 18.0. The number of carbonyl (C=O) groups is 2. The minimum Gasteiger partial charge on any atom is -0.462 e. The number of ether oxygens (including phenoxy) is 2. The van der Waals surface area contributed by atoms with Crippen molar-refractivity contribution >= 4 is 11.9 Å². The highest BCUT2D eigenvalue weighted by molar-refractivity contribution is 5.70. The van der Waals surface area contributed by atoms with Crippen molar-refractivity contribution in [2.24, 2.45) is 0 Å². The average Bonchev–Trinajstić information content (AvgIpc) is 3.21. The van der Waals surface area contributed by atoms with Gasteiger partial charge in [0.1, 0.15) is 6.61 Å². The topological polar surface area (TPSA) is 72.8 Å². The Hall–Kier alpha value is -1.10. The summed E-state index contributed by atoms with van der Waals surface area (Å²) in [4.78, 5) is 24.4. The lowest BCUT2D eigenvalue weighted by Crippen LogP contribution is -2.28. The molecule has 0 aromatic carbocycles. The molecule has 57 heavy (non-hydrogen) atoms. The third-order valence-corrected chi connectivity index (χ3v) is 12.2. The van der Waals surface area contributed by atoms with Crippen LogP contribution >= 0.6 is 0 Å². The van der Waals surface area contributed by atoms with Gasteiger partial charge in [-0.3, -0.25) is 9.59 Å². The van der Waals surface area contributed by atoms with Gasteiger partial charge in [0.15, 0.2) is 6.10 Å². The largest absolute Gasteiger partial charge is 0.462 e. The molecule has 0 aromatic rings. The SMILES string of the molecule is CCCCCCCCCCCCCCCCCCCCCCCCCCC(=O)OC(CO)COC(=O)CCCCCCCCCCCCCCCCCCCCC. The molecule has 0 aliphatic rings. The van der Waals surface area contributed by atoms with Crippen LogP contribution in [0, 0.1) is 0 Å². The molecule has 0 rings (SSSR count). The van der Waals surface area contributed by atoms with Crippen LogP contribution in [0.25, 0.3) is 0 Å². The fourth-order valence-corrected chi connectivity index (χ4v) is 8.21. The van der Waals surface area contributed by atoms with Gasteiger partial charge in [-0.15, -0.1) is 0 Å². The lowest BCUT2D eigenvalue weighted by molar-refractivity contribution is -0.161. The molecular formula is C52H102O5. The number of esters is 2. The first-order chi connectivity index (χ1) is 28.1. The molecule has 5 heteroatoms. The summed E-state index contributed by atoms with van der Waals surface area (Å²) in [5, 5.41) is 9.63. The van der Waals surface area contributed by atoms with Crippen LogP contribution in [0.15, 0.2) is 0 Å². The van der Waals surface area contributed by atoms with Crippen molar-refractivity contribution in [1.82, 2.24) is 0 Å². The molecule has 0 spiro atoms. The Morgan fingerprint density at radius 1 is 0.333 bits per heavy atom. The van der Waals surface area contributed by atoms with Gasteiger partial charge in [-0.25, -0.2) is 0 Å². The van der Waals surface area contributed by atoms with Gasteiger partial charge >= 0.3 is 11.9 Å². The standard InChI is InChI=1S/C52H102O5/c1-3-5-7-9-11-13-15-17-19-21-23-24-25-26-27-29-31-33-35-37-39-41-43-45-47-52(55)57-50(48-53)49-56-51(54)46-44-42-40-38-36-34-32-30-28-22-20-18-16-14-12-10-8-6-4-2/h50,53H,3-49H2,1-2H3. The smallest absolute Gasteiger partial charge is 0.306 e. The maximum absolute atomic E-state index is 12.3. The van der Waals surface area contributed by atoms with E-state index in [-0.39, 0.29) is 25.2 Å². The molecule has 0 saturated heterocycles. The van der Waals surface area contributed by atoms with Gasteiger partial charge in [0.25, 0.3) is 0 Å². The number of unbranched alkanes of at least 4 members (excludes halogenated alkanes) is 41. The van der Waals surface area contributed by atoms with Crippen molar-refractivity contribution in [1.29, 1.82) is 0 Å². The summed E-state index contributed by atoms with van der Waals surface area (Å²) in [7, 11) is 0. The van der Waals surface area contributed by atoms with Crippen molar-refractivity contribution in [2.75, 3.05) is 13.2 Å². The Labute approximate surface area is 357 Å². The molecule has 1 atom stereocenters. The quantitative estimate of drug-likeness (QED) is 0.0490. The molecule has 340 valence electrons. The zero-order chi connectivity index (χ0) is 41.4. The van der Waals surface area contributed by atoms with Crippen molar-refractivity contribution in [2.45, 2.75) is 309 Å². The Morgan fingerprint density at radius 3 is 0.772 bits per heavy atom. The first-order valence-corrected chi connectivity index (χ1v) is 26.1. The van der Waals surface area contributed by atoms with E-state index in [1.807, 2.05) is 0 Å². The molecule has 1 N–H and O–H groups in total. The van der Waals surface area contributed by atoms with Crippen LogP contribution in [0.2, 0.25) is 0 Å². The zero-order valence-electron chi connectivity index (χ0n) is 38.9. The summed E-state index contributed by atoms with van der Waals surface area (Å²) in [5.41, 5.74) is 0. The number of aliphatic hydroxyl groups excluding tert-OH is 1. The summed E-state index contributed by atoms with van der Waals surface area (Å²) >= 11 is 0. The third-order valence-electron chi connectivity index (χ3n) is 12.2. The Morgan fingerprint density at radius 2 is 0.544 bits per heavy atom. The normalized spacial score (nSPS) is 12.0. The van der Waals surface area contributed by atoms with E-state index >= 15 is 0 Å². The summed E-state index contributed by atoms with van der Waals surface area (Å²) in [6.07, 6.45) is 57.8. The minimum atomic E-state index is -0.763. The predicted molar refractivity (Wildman–Crippen MR) is 247 cm³/mol. The fourth-order valence-electron chi connectivity index (χ4n) is 8.21. The number of carbonyl (C=O) groups excluding carboxylic acids is 2. The van der Waals surface area contributed by atoms with Crippen molar-refractivity contribution < 1.29 is 24.2 Å². The van der Waals surface area contributed by atoms with Crippen molar-refractivity contribution in [3.05, 3.63) is 0 Å². The van der Waals surface area contributed by atoms with E-state index in [1.54, 1.807) is 0 Å². The van der Waals surface area contributed by atoms with Crippen LogP contribution in [0.3, 0.4) is 0 Å². The second-order valence-electron chi connectivity index (χ2n) is 18.0. The number of aliphatic hydroxyl groups is 1. The van der Waals surface area contributed by atoms with Gasteiger partial charge in [-0.2, -0.15) is 0 Å². The number of hydrogen-bond donors (Lipinski definition) is 1. The molecule has 5 nitrogen and oxygen atoms in total. The molecule has 0 radical (unpaired) electrons. The van der Waals surface area contributed by atoms with Crippen LogP contribution in [-0.2, 0) is 19.1 Å². The monoisotopic (exact) mass is 807 g/mol. The molecule has 0 saturated carbocycles. The molecule has 0 aliphatic carbocycles. The molecule has 0 fully saturated rings. The molecular weight excluding hydrogens is 705 g/mol. The van der Waals surface area contributed by atoms with Gasteiger partial charge in [-0.1, -0.05) is 277 Å². The highest BCUT2D eigenvalue weighted by atomic mass is 16.6. The summed E-state index contributed by atoms with van der Waals surface area (Å²) in [6, 6.07) is 0. The molecule has 0 amide bonds. The summed E-state index contributed by atoms with van der Waals surface area (Å²) in [6.45, 7) is 4.20. The highest BCUT2D eigenvalue weighted by Crippen LogP contribution is 2.18. The average molecular weight is 807 g/mol. The first-order valence-electron chi connectivity index (χ1n) is 26.1. The third kappa shape index (κ3) is 47.5. The molecule has 0 heterocycles. The van der Waals surface area contributed by atoms with Gasteiger partial charge in [0.2, 0.25) is 0 Å². The predicted octanol–water partition coefficient (Wildman–Crippen LogP) is 17.0. The van der Waals surface area contributed by atoms with E-state index in [9.17, 15) is 14.7 Å². The van der Waals surface area contributed by atoms with Gasteiger partial charge in [0, 0.05) is 12.8 Å². The maximum Gasteiger partial charge on any atom is 0.306 e. The molecule has 0 aliphatic heterocycles. The van der Waals surface area contributed by atoms with Crippen LogP contribution in [0.4, 0.5) is 0 Å². The number of hydrogen-bond acceptors (Lipinski definition) is 5. The van der Waals surface area contributed by atoms with E-state index in [0.29, 0.717) is 12.8 Å². The fraction of sp³-hybridized carbons (Fsp3) is 0.962. The molecule has 0 bridgehead atoms. The highest BCUT2D eigenvalue weighted by Gasteiger charge is 2.16. The van der Waals surface area contributed by atoms with Gasteiger partial charge < -0.3 is 14.6 Å². The second kappa shape index (κ2) is 49.3. The van der Waals surface area contributed by atoms with Gasteiger partial charge in [0.05, 0.1) is 6.61 Å². The van der Waals surface area contributed by atoms with E-state index in [2.05, 4.69) is 13.8 Å². The minimum absolute atomic E-state index is 0.0559. The first kappa shape index (κ1) is 55.9. The van der Waals surface area contributed by atoms with Crippen molar-refractivity contribution in [3.63, 3.8) is 0 Å². The van der Waals surface area contributed by atoms with E-state index in [4.69, 9.17) is 9.47 Å². The van der Waals surface area contributed by atoms with Crippen LogP contribution < -0.4 is 0 Å².